The van der Waals surface area contributed by atoms with Crippen molar-refractivity contribution in [2.45, 2.75) is 17.9 Å². The summed E-state index contributed by atoms with van der Waals surface area (Å²) in [7, 11) is 0. The number of thioether (sulfide) groups is 1. The maximum atomic E-state index is 5.76. The third-order valence-electron chi connectivity index (χ3n) is 1.60. The molecular weight excluding hydrogens is 204 g/mol. The van der Waals surface area contributed by atoms with Crippen molar-refractivity contribution in [3.8, 4) is 0 Å². The molecule has 0 aliphatic heterocycles. The highest BCUT2D eigenvalue weighted by molar-refractivity contribution is 7.99. The Hall–Kier alpha value is -0.220. The maximum absolute atomic E-state index is 5.76. The predicted molar refractivity (Wildman–Crippen MR) is 59.0 cm³/mol. The highest BCUT2D eigenvalue weighted by Gasteiger charge is 1.99. The van der Waals surface area contributed by atoms with Gasteiger partial charge in [0.1, 0.15) is 0 Å². The quantitative estimate of drug-likeness (QED) is 0.461. The summed E-state index contributed by atoms with van der Waals surface area (Å²) in [4.78, 5) is 1.21. The van der Waals surface area contributed by atoms with Crippen molar-refractivity contribution < 1.29 is 0 Å². The Morgan fingerprint density at radius 3 is 2.62 bits per heavy atom. The van der Waals surface area contributed by atoms with E-state index in [1.165, 1.54) is 4.90 Å². The largest absolute Gasteiger partial charge is 0.271 e. The molecule has 0 amide bonds. The second-order valence-electron chi connectivity index (χ2n) is 2.83. The lowest BCUT2D eigenvalue weighted by Gasteiger charge is -2.08. The van der Waals surface area contributed by atoms with Crippen LogP contribution < -0.4 is 11.3 Å². The van der Waals surface area contributed by atoms with Gasteiger partial charge in [0.15, 0.2) is 0 Å². The minimum Gasteiger partial charge on any atom is -0.271 e. The van der Waals surface area contributed by atoms with E-state index in [2.05, 4.69) is 5.43 Å². The standard InChI is InChI=1S/C9H13ClN2S/c1-7(12-11)6-13-9-4-2-8(10)3-5-9/h2-5,7,12H,6,11H2,1H3/t7-/m1/s1. The Bertz CT molecular complexity index is 250. The highest BCUT2D eigenvalue weighted by Crippen LogP contribution is 2.20. The second-order valence-corrected chi connectivity index (χ2v) is 4.36. The monoisotopic (exact) mass is 216 g/mol. The van der Waals surface area contributed by atoms with Crippen LogP contribution in [0.3, 0.4) is 0 Å². The van der Waals surface area contributed by atoms with Crippen molar-refractivity contribution in [1.82, 2.24) is 5.43 Å². The van der Waals surface area contributed by atoms with E-state index in [1.807, 2.05) is 31.2 Å². The molecule has 4 heteroatoms. The van der Waals surface area contributed by atoms with Crippen LogP contribution in [-0.2, 0) is 0 Å². The highest BCUT2D eigenvalue weighted by atomic mass is 35.5. The number of hydrogen-bond acceptors (Lipinski definition) is 3. The summed E-state index contributed by atoms with van der Waals surface area (Å²) in [6.07, 6.45) is 0. The molecule has 0 saturated heterocycles. The first-order chi connectivity index (χ1) is 6.22. The molecule has 0 aliphatic carbocycles. The molecule has 0 fully saturated rings. The van der Waals surface area contributed by atoms with Crippen LogP contribution in [0.15, 0.2) is 29.2 Å². The summed E-state index contributed by atoms with van der Waals surface area (Å²) in [5.41, 5.74) is 2.70. The van der Waals surface area contributed by atoms with Crippen molar-refractivity contribution in [3.63, 3.8) is 0 Å². The molecule has 0 heterocycles. The molecule has 2 nitrogen and oxygen atoms in total. The molecule has 0 saturated carbocycles. The Labute approximate surface area is 87.8 Å². The predicted octanol–water partition coefficient (Wildman–Crippen LogP) is 2.28. The fourth-order valence-electron chi connectivity index (χ4n) is 0.800. The van der Waals surface area contributed by atoms with E-state index in [0.717, 1.165) is 10.8 Å². The molecule has 72 valence electrons. The fraction of sp³-hybridized carbons (Fsp3) is 0.333. The average molecular weight is 217 g/mol. The van der Waals surface area contributed by atoms with Crippen LogP contribution >= 0.6 is 23.4 Å². The van der Waals surface area contributed by atoms with Gasteiger partial charge in [-0.15, -0.1) is 11.8 Å². The molecule has 1 atom stereocenters. The van der Waals surface area contributed by atoms with Gasteiger partial charge in [0.2, 0.25) is 0 Å². The first kappa shape index (κ1) is 10.9. The summed E-state index contributed by atoms with van der Waals surface area (Å²) in [5, 5.41) is 0.773. The lowest BCUT2D eigenvalue weighted by molar-refractivity contribution is 0.625. The summed E-state index contributed by atoms with van der Waals surface area (Å²) in [6.45, 7) is 2.04. The minimum atomic E-state index is 0.320. The topological polar surface area (TPSA) is 38.0 Å². The zero-order valence-corrected chi connectivity index (χ0v) is 9.03. The molecular formula is C9H13ClN2S. The van der Waals surface area contributed by atoms with E-state index >= 15 is 0 Å². The Kier molecular flexibility index (Phi) is 4.59. The van der Waals surface area contributed by atoms with Crippen LogP contribution in [0, 0.1) is 0 Å². The van der Waals surface area contributed by atoms with Gasteiger partial charge in [-0.1, -0.05) is 11.6 Å². The molecule has 0 bridgehead atoms. The van der Waals surface area contributed by atoms with Crippen LogP contribution in [0.5, 0.6) is 0 Å². The summed E-state index contributed by atoms with van der Waals surface area (Å²) < 4.78 is 0. The molecule has 0 aromatic heterocycles. The number of nitrogens with one attached hydrogen (secondary N) is 1. The number of hydrogen-bond donors (Lipinski definition) is 2. The van der Waals surface area contributed by atoms with Gasteiger partial charge >= 0.3 is 0 Å². The summed E-state index contributed by atoms with van der Waals surface area (Å²) in [5.74, 6) is 6.23. The van der Waals surface area contributed by atoms with Crippen LogP contribution in [-0.4, -0.2) is 11.8 Å². The van der Waals surface area contributed by atoms with E-state index in [-0.39, 0.29) is 0 Å². The number of benzene rings is 1. The zero-order chi connectivity index (χ0) is 9.68. The third-order valence-corrected chi connectivity index (χ3v) is 3.12. The van der Waals surface area contributed by atoms with E-state index in [9.17, 15) is 0 Å². The van der Waals surface area contributed by atoms with Crippen molar-refractivity contribution in [2.24, 2.45) is 5.84 Å². The number of nitrogens with two attached hydrogens (primary N) is 1. The lowest BCUT2D eigenvalue weighted by Crippen LogP contribution is -2.34. The number of hydrazine groups is 1. The van der Waals surface area contributed by atoms with Gasteiger partial charge in [0, 0.05) is 21.7 Å². The lowest BCUT2D eigenvalue weighted by atomic mass is 10.4. The van der Waals surface area contributed by atoms with Crippen LogP contribution in [0.1, 0.15) is 6.92 Å². The van der Waals surface area contributed by atoms with E-state index in [4.69, 9.17) is 17.4 Å². The fourth-order valence-corrected chi connectivity index (χ4v) is 1.79. The molecule has 0 unspecified atom stereocenters. The summed E-state index contributed by atoms with van der Waals surface area (Å²) in [6, 6.07) is 8.13. The number of halogens is 1. The summed E-state index contributed by atoms with van der Waals surface area (Å²) >= 11 is 7.52. The molecule has 0 radical (unpaired) electrons. The van der Waals surface area contributed by atoms with Gasteiger partial charge in [-0.05, 0) is 31.2 Å². The van der Waals surface area contributed by atoms with Gasteiger partial charge in [0.25, 0.3) is 0 Å². The minimum absolute atomic E-state index is 0.320. The van der Waals surface area contributed by atoms with Gasteiger partial charge in [-0.2, -0.15) is 0 Å². The normalized spacial score (nSPS) is 12.8. The SMILES string of the molecule is C[C@H](CSc1ccc(Cl)cc1)NN. The Balaban J connectivity index is 2.41. The molecule has 0 aliphatic rings. The number of rotatable bonds is 4. The third kappa shape index (κ3) is 4.00. The van der Waals surface area contributed by atoms with Crippen molar-refractivity contribution in [1.29, 1.82) is 0 Å². The van der Waals surface area contributed by atoms with Crippen LogP contribution in [0.2, 0.25) is 5.02 Å². The molecule has 1 aromatic rings. The molecule has 1 aromatic carbocycles. The molecule has 1 rings (SSSR count). The van der Waals surface area contributed by atoms with Crippen LogP contribution in [0.4, 0.5) is 0 Å². The van der Waals surface area contributed by atoms with E-state index in [1.54, 1.807) is 11.8 Å². The van der Waals surface area contributed by atoms with E-state index in [0.29, 0.717) is 6.04 Å². The van der Waals surface area contributed by atoms with Crippen molar-refractivity contribution in [3.05, 3.63) is 29.3 Å². The van der Waals surface area contributed by atoms with Crippen molar-refractivity contribution in [2.75, 3.05) is 5.75 Å². The smallest absolute Gasteiger partial charge is 0.0406 e. The second kappa shape index (κ2) is 5.50. The zero-order valence-electron chi connectivity index (χ0n) is 7.46. The Morgan fingerprint density at radius 1 is 1.46 bits per heavy atom. The molecule has 13 heavy (non-hydrogen) atoms. The van der Waals surface area contributed by atoms with Crippen molar-refractivity contribution >= 4 is 23.4 Å². The first-order valence-corrected chi connectivity index (χ1v) is 5.43. The average Bonchev–Trinajstić information content (AvgIpc) is 2.16. The van der Waals surface area contributed by atoms with Crippen LogP contribution in [0.25, 0.3) is 0 Å². The van der Waals surface area contributed by atoms with Gasteiger partial charge in [-0.3, -0.25) is 11.3 Å². The Morgan fingerprint density at radius 2 is 2.08 bits per heavy atom. The molecule has 3 N–H and O–H groups in total. The molecule has 0 spiro atoms. The first-order valence-electron chi connectivity index (χ1n) is 4.07. The van der Waals surface area contributed by atoms with Gasteiger partial charge < -0.3 is 0 Å². The van der Waals surface area contributed by atoms with Gasteiger partial charge in [-0.25, -0.2) is 0 Å². The maximum Gasteiger partial charge on any atom is 0.0406 e. The van der Waals surface area contributed by atoms with E-state index < -0.39 is 0 Å². The van der Waals surface area contributed by atoms with Gasteiger partial charge in [0.05, 0.1) is 0 Å².